The average Bonchev–Trinajstić information content (AvgIpc) is 2.07. The molecule has 2 atom stereocenters. The van der Waals surface area contributed by atoms with Gasteiger partial charge >= 0.3 is 0 Å². The number of rotatable bonds is 3. The molecule has 0 spiro atoms. The second-order valence-electron chi connectivity index (χ2n) is 1.91. The van der Waals surface area contributed by atoms with Crippen LogP contribution < -0.4 is 0 Å². The van der Waals surface area contributed by atoms with E-state index >= 15 is 0 Å². The molecule has 4 heteroatoms. The standard InChI is InChI=1S/C7H7IOP2/c8-11-10-7(9)6-4-2-1-3-5-6/h1-5,10-11H. The van der Waals surface area contributed by atoms with Gasteiger partial charge in [-0.25, -0.2) is 0 Å². The van der Waals surface area contributed by atoms with E-state index in [-0.39, 0.29) is 5.52 Å². The highest BCUT2D eigenvalue weighted by Crippen LogP contribution is 2.45. The Labute approximate surface area is 82.3 Å². The maximum absolute atomic E-state index is 11.3. The van der Waals surface area contributed by atoms with Gasteiger partial charge in [0.15, 0.2) is 5.52 Å². The lowest BCUT2D eigenvalue weighted by molar-refractivity contribution is 0.108. The van der Waals surface area contributed by atoms with E-state index in [0.717, 1.165) is 5.56 Å². The summed E-state index contributed by atoms with van der Waals surface area (Å²) < 4.78 is 0. The van der Waals surface area contributed by atoms with Gasteiger partial charge < -0.3 is 0 Å². The van der Waals surface area contributed by atoms with E-state index in [1.165, 1.54) is 0 Å². The Kier molecular flexibility index (Phi) is 4.51. The molecule has 0 saturated heterocycles. The van der Waals surface area contributed by atoms with Crippen LogP contribution in [0.15, 0.2) is 30.3 Å². The van der Waals surface area contributed by atoms with Gasteiger partial charge in [-0.2, -0.15) is 0 Å². The Morgan fingerprint density at radius 2 is 1.91 bits per heavy atom. The summed E-state index contributed by atoms with van der Waals surface area (Å²) in [5.41, 5.74) is 1.12. The maximum atomic E-state index is 11.3. The van der Waals surface area contributed by atoms with Crippen molar-refractivity contribution in [1.29, 1.82) is 0 Å². The number of halogens is 1. The van der Waals surface area contributed by atoms with Crippen LogP contribution in [0.4, 0.5) is 0 Å². The zero-order chi connectivity index (χ0) is 8.10. The van der Waals surface area contributed by atoms with Gasteiger partial charge in [0, 0.05) is 5.56 Å². The van der Waals surface area contributed by atoms with Crippen molar-refractivity contribution in [3.05, 3.63) is 35.9 Å². The van der Waals surface area contributed by atoms with Crippen molar-refractivity contribution < 1.29 is 4.79 Å². The average molecular weight is 296 g/mol. The van der Waals surface area contributed by atoms with Gasteiger partial charge in [-0.15, -0.1) is 0 Å². The molecule has 0 bridgehead atoms. The number of hydrogen-bond donors (Lipinski definition) is 0. The predicted octanol–water partition coefficient (Wildman–Crippen LogP) is 3.45. The van der Waals surface area contributed by atoms with Gasteiger partial charge in [-0.3, -0.25) is 4.79 Å². The van der Waals surface area contributed by atoms with Crippen LogP contribution in [-0.2, 0) is 0 Å². The summed E-state index contributed by atoms with van der Waals surface area (Å²) >= 11 is 2.25. The minimum Gasteiger partial charge on any atom is -0.289 e. The van der Waals surface area contributed by atoms with Crippen molar-refractivity contribution in [2.24, 2.45) is 0 Å². The topological polar surface area (TPSA) is 17.1 Å². The molecular formula is C7H7IOP2. The molecular weight excluding hydrogens is 289 g/mol. The van der Waals surface area contributed by atoms with Gasteiger partial charge in [-0.1, -0.05) is 52.4 Å². The SMILES string of the molecule is O=C(PPI)c1ccccc1. The van der Waals surface area contributed by atoms with Crippen molar-refractivity contribution in [3.63, 3.8) is 0 Å². The van der Waals surface area contributed by atoms with Crippen LogP contribution in [0.1, 0.15) is 10.4 Å². The van der Waals surface area contributed by atoms with Gasteiger partial charge in [0.1, 0.15) is 0 Å². The molecule has 0 aromatic heterocycles. The van der Waals surface area contributed by atoms with Gasteiger partial charge in [-0.05, 0) is 14.2 Å². The van der Waals surface area contributed by atoms with Crippen LogP contribution in [0.2, 0.25) is 0 Å². The minimum atomic E-state index is 0.276. The summed E-state index contributed by atoms with van der Waals surface area (Å²) in [5.74, 6) is 0.712. The lowest BCUT2D eigenvalue weighted by atomic mass is 10.2. The normalized spacial score (nSPS) is 11.7. The molecule has 0 aliphatic rings. The maximum Gasteiger partial charge on any atom is 0.185 e. The van der Waals surface area contributed by atoms with E-state index in [2.05, 4.69) is 22.0 Å². The Balaban J connectivity index is 2.69. The van der Waals surface area contributed by atoms with E-state index in [9.17, 15) is 4.79 Å². The fourth-order valence-electron chi connectivity index (χ4n) is 0.705. The van der Waals surface area contributed by atoms with Gasteiger partial charge in [0.25, 0.3) is 0 Å². The lowest BCUT2D eigenvalue weighted by Gasteiger charge is -1.95. The number of carbonyl (C=O) groups excluding carboxylic acids is 1. The first-order valence-corrected chi connectivity index (χ1v) is 9.17. The van der Waals surface area contributed by atoms with E-state index < -0.39 is 0 Å². The molecule has 1 aromatic rings. The highest BCUT2D eigenvalue weighted by molar-refractivity contribution is 14.2. The monoisotopic (exact) mass is 296 g/mol. The predicted molar refractivity (Wildman–Crippen MR) is 61.4 cm³/mol. The quantitative estimate of drug-likeness (QED) is 0.617. The Bertz CT molecular complexity index is 237. The van der Waals surface area contributed by atoms with Crippen molar-refractivity contribution >= 4 is 41.7 Å². The highest BCUT2D eigenvalue weighted by atomic mass is 127. The molecule has 1 rings (SSSR count). The fraction of sp³-hybridized carbons (Fsp3) is 0. The first kappa shape index (κ1) is 9.57. The molecule has 1 aromatic carbocycles. The highest BCUT2D eigenvalue weighted by Gasteiger charge is 2.01. The molecule has 0 N–H and O–H groups in total. The van der Waals surface area contributed by atoms with E-state index in [1.54, 1.807) is 0 Å². The van der Waals surface area contributed by atoms with Crippen molar-refractivity contribution in [2.75, 3.05) is 0 Å². The van der Waals surface area contributed by atoms with Crippen molar-refractivity contribution in [2.45, 2.75) is 0 Å². The van der Waals surface area contributed by atoms with E-state index in [1.807, 2.05) is 30.3 Å². The first-order valence-electron chi connectivity index (χ1n) is 3.05. The van der Waals surface area contributed by atoms with E-state index in [0.29, 0.717) is 14.2 Å². The largest absolute Gasteiger partial charge is 0.289 e. The number of carbonyl (C=O) groups is 1. The Hall–Kier alpha value is 0.480. The van der Waals surface area contributed by atoms with Crippen LogP contribution in [0.5, 0.6) is 0 Å². The lowest BCUT2D eigenvalue weighted by Crippen LogP contribution is -1.86. The minimum absolute atomic E-state index is 0.276. The molecule has 2 unspecified atom stereocenters. The van der Waals surface area contributed by atoms with Crippen LogP contribution in [-0.4, -0.2) is 5.52 Å². The molecule has 58 valence electrons. The third-order valence-corrected chi connectivity index (χ3v) is 5.20. The fourth-order valence-corrected chi connectivity index (χ4v) is 4.00. The summed E-state index contributed by atoms with van der Waals surface area (Å²) in [5, 5.41) is 0. The second-order valence-corrected chi connectivity index (χ2v) is 8.98. The Morgan fingerprint density at radius 3 is 2.45 bits per heavy atom. The third kappa shape index (κ3) is 3.14. The number of hydrogen-bond acceptors (Lipinski definition) is 1. The van der Waals surface area contributed by atoms with Crippen molar-refractivity contribution in [3.8, 4) is 0 Å². The van der Waals surface area contributed by atoms with Crippen LogP contribution in [0, 0.1) is 0 Å². The molecule has 0 saturated carbocycles. The molecule has 0 amide bonds. The molecule has 0 radical (unpaired) electrons. The van der Waals surface area contributed by atoms with Crippen LogP contribution in [0.3, 0.4) is 0 Å². The molecule has 0 heterocycles. The summed E-state index contributed by atoms with van der Waals surface area (Å²) in [4.78, 5) is 11.3. The first-order chi connectivity index (χ1) is 5.34. The second kappa shape index (κ2) is 5.18. The van der Waals surface area contributed by atoms with E-state index in [4.69, 9.17) is 0 Å². The summed E-state index contributed by atoms with van der Waals surface area (Å²) in [6.07, 6.45) is 0. The molecule has 1 nitrogen and oxygen atoms in total. The smallest absolute Gasteiger partial charge is 0.185 e. The zero-order valence-corrected chi connectivity index (χ0v) is 9.83. The van der Waals surface area contributed by atoms with Gasteiger partial charge in [0.2, 0.25) is 0 Å². The van der Waals surface area contributed by atoms with Crippen LogP contribution >= 0.6 is 36.2 Å². The van der Waals surface area contributed by atoms with Gasteiger partial charge in [0.05, 0.1) is 0 Å². The molecule has 0 aliphatic heterocycles. The summed E-state index contributed by atoms with van der Waals surface area (Å²) in [7, 11) is 0.442. The van der Waals surface area contributed by atoms with Crippen molar-refractivity contribution in [1.82, 2.24) is 0 Å². The molecule has 0 fully saturated rings. The summed E-state index contributed by atoms with van der Waals surface area (Å²) in [6, 6.07) is 9.45. The zero-order valence-electron chi connectivity index (χ0n) is 5.67. The third-order valence-electron chi connectivity index (χ3n) is 1.20. The molecule has 11 heavy (non-hydrogen) atoms. The van der Waals surface area contributed by atoms with Crippen LogP contribution in [0.25, 0.3) is 0 Å². The molecule has 0 aliphatic carbocycles. The number of benzene rings is 1. The Morgan fingerprint density at radius 1 is 1.27 bits per heavy atom. The summed E-state index contributed by atoms with van der Waals surface area (Å²) in [6.45, 7) is 0.